The average molecular weight is 581 g/mol. The highest BCUT2D eigenvalue weighted by molar-refractivity contribution is 5.71. The molecule has 2 bridgehead atoms. The van der Waals surface area contributed by atoms with Crippen LogP contribution in [0.1, 0.15) is 78.6 Å². The second kappa shape index (κ2) is 11.5. The minimum Gasteiger partial charge on any atom is -0.481 e. The molecule has 0 aromatic carbocycles. The van der Waals surface area contributed by atoms with Crippen LogP contribution < -0.4 is 0 Å². The largest absolute Gasteiger partial charge is 0.481 e. The SMILES string of the molecule is C=C1[C@H]2CC[C@H]3[C@]4(C)C[C@H](O[C@@H]5O[C@H](CO)[C@@H](O)[C@H](O)[C@H]5OC(=O)CC(C)CC)C[C@@H](C(=O)O)[C@H]4CC[C@]3(C2)[C@H]1O. The van der Waals surface area contributed by atoms with Crippen LogP contribution in [0.5, 0.6) is 0 Å². The van der Waals surface area contributed by atoms with Crippen molar-refractivity contribution < 1.29 is 49.3 Å². The van der Waals surface area contributed by atoms with Gasteiger partial charge in [0.2, 0.25) is 0 Å². The Morgan fingerprint density at radius 3 is 2.54 bits per heavy atom. The Morgan fingerprint density at radius 1 is 1.15 bits per heavy atom. The molecule has 1 unspecified atom stereocenters. The zero-order valence-electron chi connectivity index (χ0n) is 24.5. The number of aliphatic hydroxyl groups is 4. The first kappa shape index (κ1) is 30.9. The summed E-state index contributed by atoms with van der Waals surface area (Å²) in [4.78, 5) is 25.3. The van der Waals surface area contributed by atoms with Crippen LogP contribution in [-0.4, -0.2) is 87.0 Å². The fourth-order valence-electron chi connectivity index (χ4n) is 9.44. The molecule has 1 aliphatic heterocycles. The predicted molar refractivity (Wildman–Crippen MR) is 146 cm³/mol. The first-order valence-corrected chi connectivity index (χ1v) is 15.4. The molecule has 5 fully saturated rings. The number of rotatable bonds is 8. The maximum atomic E-state index is 12.7. The van der Waals surface area contributed by atoms with Crippen molar-refractivity contribution in [3.05, 3.63) is 12.2 Å². The quantitative estimate of drug-likeness (QED) is 0.164. The maximum Gasteiger partial charge on any atom is 0.306 e. The summed E-state index contributed by atoms with van der Waals surface area (Å²) in [5.41, 5.74) is 0.161. The van der Waals surface area contributed by atoms with Gasteiger partial charge in [0.05, 0.1) is 24.7 Å². The smallest absolute Gasteiger partial charge is 0.306 e. The summed E-state index contributed by atoms with van der Waals surface area (Å²) < 4.78 is 17.9. The van der Waals surface area contributed by atoms with Gasteiger partial charge in [-0.25, -0.2) is 0 Å². The van der Waals surface area contributed by atoms with Crippen LogP contribution in [0.25, 0.3) is 0 Å². The van der Waals surface area contributed by atoms with E-state index in [1.54, 1.807) is 0 Å². The van der Waals surface area contributed by atoms with E-state index in [0.29, 0.717) is 18.8 Å². The number of aliphatic carboxylic acids is 1. The molecule has 14 atom stereocenters. The van der Waals surface area contributed by atoms with Gasteiger partial charge < -0.3 is 39.7 Å². The molecular weight excluding hydrogens is 532 g/mol. The van der Waals surface area contributed by atoms with E-state index in [4.69, 9.17) is 14.2 Å². The Kier molecular flexibility index (Phi) is 8.67. The molecule has 5 aliphatic rings. The van der Waals surface area contributed by atoms with E-state index < -0.39 is 72.8 Å². The van der Waals surface area contributed by atoms with Crippen LogP contribution >= 0.6 is 0 Å². The second-order valence-electron chi connectivity index (χ2n) is 13.9. The molecule has 1 spiro atoms. The fourth-order valence-corrected chi connectivity index (χ4v) is 9.44. The fraction of sp³-hybridized carbons (Fsp3) is 0.871. The standard InChI is InChI=1S/C31H48O10/c1-5-15(2)10-23(33)41-26-25(35)24(34)21(14-32)40-29(26)39-18-11-19(28(37)38)20-8-9-31-12-17(16(3)27(31)36)6-7-22(31)30(20,4)13-18/h15,17-22,24-27,29,32,34-36H,3,5-14H2,1-2,4H3,(H,37,38)/t15?,17-,18+,19+,20+,21+,22-,24+,25-,26+,27-,29+,30+,31+/m0/s1. The highest BCUT2D eigenvalue weighted by Crippen LogP contribution is 2.70. The Morgan fingerprint density at radius 2 is 1.88 bits per heavy atom. The number of carboxylic acid groups (broad SMARTS) is 1. The van der Waals surface area contributed by atoms with Crippen molar-refractivity contribution in [1.29, 1.82) is 0 Å². The normalized spacial score (nSPS) is 48.2. The maximum absolute atomic E-state index is 12.7. The first-order valence-electron chi connectivity index (χ1n) is 15.4. The number of aliphatic hydroxyl groups excluding tert-OH is 4. The van der Waals surface area contributed by atoms with Gasteiger partial charge in [0, 0.05) is 11.8 Å². The van der Waals surface area contributed by atoms with Gasteiger partial charge in [0.25, 0.3) is 0 Å². The summed E-state index contributed by atoms with van der Waals surface area (Å²) in [5, 5.41) is 53.0. The average Bonchev–Trinajstić information content (AvgIpc) is 3.10. The number of carboxylic acids is 1. The third kappa shape index (κ3) is 5.16. The Labute approximate surface area is 242 Å². The van der Waals surface area contributed by atoms with E-state index in [9.17, 15) is 35.1 Å². The highest BCUT2D eigenvalue weighted by atomic mass is 16.7. The lowest BCUT2D eigenvalue weighted by Crippen LogP contribution is -2.62. The van der Waals surface area contributed by atoms with Crippen LogP contribution in [0.4, 0.5) is 0 Å². The van der Waals surface area contributed by atoms with Crippen molar-refractivity contribution in [2.24, 2.45) is 40.4 Å². The molecule has 10 nitrogen and oxygen atoms in total. The van der Waals surface area contributed by atoms with E-state index >= 15 is 0 Å². The lowest BCUT2D eigenvalue weighted by molar-refractivity contribution is -0.322. The number of ether oxygens (including phenoxy) is 3. The lowest BCUT2D eigenvalue weighted by Gasteiger charge is -2.62. The highest BCUT2D eigenvalue weighted by Gasteiger charge is 2.67. The molecule has 1 heterocycles. The van der Waals surface area contributed by atoms with Gasteiger partial charge in [0.1, 0.15) is 18.3 Å². The van der Waals surface area contributed by atoms with Crippen molar-refractivity contribution in [3.8, 4) is 0 Å². The van der Waals surface area contributed by atoms with E-state index in [2.05, 4.69) is 13.5 Å². The molecule has 1 saturated heterocycles. The Bertz CT molecular complexity index is 1020. The Balaban J connectivity index is 1.41. The van der Waals surface area contributed by atoms with Crippen molar-refractivity contribution in [2.45, 2.75) is 121 Å². The summed E-state index contributed by atoms with van der Waals surface area (Å²) >= 11 is 0. The monoisotopic (exact) mass is 580 g/mol. The van der Waals surface area contributed by atoms with Gasteiger partial charge in [-0.05, 0) is 79.6 Å². The number of hydrogen-bond acceptors (Lipinski definition) is 9. The van der Waals surface area contributed by atoms with Gasteiger partial charge in [-0.2, -0.15) is 0 Å². The van der Waals surface area contributed by atoms with E-state index in [0.717, 1.165) is 37.7 Å². The molecular formula is C31H48O10. The van der Waals surface area contributed by atoms with Crippen molar-refractivity contribution in [2.75, 3.05) is 6.61 Å². The minimum absolute atomic E-state index is 0.0564. The molecule has 0 aromatic heterocycles. The third-order valence-electron chi connectivity index (χ3n) is 11.7. The summed E-state index contributed by atoms with van der Waals surface area (Å²) in [6.07, 6.45) is -2.22. The van der Waals surface area contributed by atoms with Crippen molar-refractivity contribution >= 4 is 11.9 Å². The second-order valence-corrected chi connectivity index (χ2v) is 13.9. The number of esters is 1. The molecule has 10 heteroatoms. The van der Waals surface area contributed by atoms with Crippen LogP contribution in [0.3, 0.4) is 0 Å². The van der Waals surface area contributed by atoms with Crippen LogP contribution in [0, 0.1) is 40.4 Å². The number of carbonyl (C=O) groups excluding carboxylic acids is 1. The third-order valence-corrected chi connectivity index (χ3v) is 11.7. The van der Waals surface area contributed by atoms with Crippen LogP contribution in [0.15, 0.2) is 12.2 Å². The van der Waals surface area contributed by atoms with Crippen molar-refractivity contribution in [1.82, 2.24) is 0 Å². The molecule has 232 valence electrons. The zero-order chi connectivity index (χ0) is 29.9. The molecule has 4 saturated carbocycles. The van der Waals surface area contributed by atoms with Gasteiger partial charge in [-0.3, -0.25) is 9.59 Å². The summed E-state index contributed by atoms with van der Waals surface area (Å²) in [7, 11) is 0. The van der Waals surface area contributed by atoms with Crippen LogP contribution in [0.2, 0.25) is 0 Å². The summed E-state index contributed by atoms with van der Waals surface area (Å²) in [6.45, 7) is 9.64. The minimum atomic E-state index is -1.55. The van der Waals surface area contributed by atoms with Gasteiger partial charge >= 0.3 is 11.9 Å². The summed E-state index contributed by atoms with van der Waals surface area (Å²) in [5.74, 6) is -1.74. The molecule has 0 amide bonds. The number of hydrogen-bond donors (Lipinski definition) is 5. The van der Waals surface area contributed by atoms with Gasteiger partial charge in [-0.15, -0.1) is 0 Å². The number of carbonyl (C=O) groups is 2. The number of fused-ring (bicyclic) bond motifs is 3. The van der Waals surface area contributed by atoms with Crippen molar-refractivity contribution in [3.63, 3.8) is 0 Å². The Hall–Kier alpha value is -1.56. The lowest BCUT2D eigenvalue weighted by atomic mass is 9.43. The van der Waals surface area contributed by atoms with E-state index in [1.165, 1.54) is 0 Å². The molecule has 0 aromatic rings. The topological polar surface area (TPSA) is 163 Å². The van der Waals surface area contributed by atoms with Gasteiger partial charge in [0.15, 0.2) is 12.4 Å². The van der Waals surface area contributed by atoms with E-state index in [-0.39, 0.29) is 36.0 Å². The van der Waals surface area contributed by atoms with E-state index in [1.807, 2.05) is 13.8 Å². The molecule has 5 rings (SSSR count). The molecule has 0 radical (unpaired) electrons. The molecule has 5 N–H and O–H groups in total. The first-order chi connectivity index (χ1) is 19.4. The van der Waals surface area contributed by atoms with Gasteiger partial charge in [-0.1, -0.05) is 33.8 Å². The molecule has 41 heavy (non-hydrogen) atoms. The zero-order valence-corrected chi connectivity index (χ0v) is 24.5. The molecule has 4 aliphatic carbocycles. The predicted octanol–water partition coefficient (Wildman–Crippen LogP) is 2.40. The van der Waals surface area contributed by atoms with Crippen LogP contribution in [-0.2, 0) is 23.8 Å². The summed E-state index contributed by atoms with van der Waals surface area (Å²) in [6, 6.07) is 0.